The van der Waals surface area contributed by atoms with Gasteiger partial charge in [-0.25, -0.2) is 0 Å². The molecule has 1 heterocycles. The first-order chi connectivity index (χ1) is 11.9. The van der Waals surface area contributed by atoms with E-state index in [0.29, 0.717) is 31.9 Å². The second-order valence-electron chi connectivity index (χ2n) is 6.03. The van der Waals surface area contributed by atoms with Crippen LogP contribution in [0.1, 0.15) is 12.5 Å². The number of hydrogen-bond acceptors (Lipinski definition) is 4. The van der Waals surface area contributed by atoms with Gasteiger partial charge in [0.25, 0.3) is 0 Å². The molecule has 2 atom stereocenters. The van der Waals surface area contributed by atoms with Crippen LogP contribution < -0.4 is 10.6 Å². The highest BCUT2D eigenvalue weighted by atomic mass is 32.2. The molecular weight excluding hydrogens is 351 g/mol. The van der Waals surface area contributed by atoms with Gasteiger partial charge in [-0.05, 0) is 12.5 Å². The minimum Gasteiger partial charge on any atom is -0.353 e. The highest BCUT2D eigenvalue weighted by Gasteiger charge is 2.43. The van der Waals surface area contributed by atoms with Crippen molar-refractivity contribution in [2.75, 3.05) is 32.7 Å². The Balaban J connectivity index is 1.82. The molecule has 1 aromatic carbocycles. The number of carbonyl (C=O) groups excluding carboxylic acids is 1. The van der Waals surface area contributed by atoms with Crippen molar-refractivity contribution < 1.29 is 18.0 Å². The van der Waals surface area contributed by atoms with E-state index in [2.05, 4.69) is 10.6 Å². The molecule has 2 unspecified atom stereocenters. The van der Waals surface area contributed by atoms with Gasteiger partial charge in [-0.1, -0.05) is 30.3 Å². The summed E-state index contributed by atoms with van der Waals surface area (Å²) in [5.74, 6) is 0.293. The molecule has 0 spiro atoms. The average molecular weight is 375 g/mol. The Morgan fingerprint density at radius 3 is 2.52 bits per heavy atom. The molecule has 140 valence electrons. The lowest BCUT2D eigenvalue weighted by Gasteiger charge is -2.36. The highest BCUT2D eigenvalue weighted by molar-refractivity contribution is 7.99. The lowest BCUT2D eigenvalue weighted by Crippen LogP contribution is -2.57. The third-order valence-electron chi connectivity index (χ3n) is 4.15. The first kappa shape index (κ1) is 20.1. The van der Waals surface area contributed by atoms with E-state index >= 15 is 0 Å². The SMILES string of the molecule is CC(SCc1ccccc1)C(=O)NCC(N1CCNCC1)C(F)(F)F. The maximum absolute atomic E-state index is 13.3. The van der Waals surface area contributed by atoms with E-state index < -0.39 is 24.0 Å². The summed E-state index contributed by atoms with van der Waals surface area (Å²) in [6.45, 7) is 3.04. The molecule has 2 rings (SSSR count). The zero-order valence-electron chi connectivity index (χ0n) is 14.2. The molecule has 0 aromatic heterocycles. The fourth-order valence-electron chi connectivity index (χ4n) is 2.66. The van der Waals surface area contributed by atoms with Gasteiger partial charge in [0, 0.05) is 38.5 Å². The van der Waals surface area contributed by atoms with Crippen LogP contribution in [0.4, 0.5) is 13.2 Å². The Hall–Kier alpha value is -1.25. The molecule has 1 aromatic rings. The van der Waals surface area contributed by atoms with E-state index in [1.165, 1.54) is 16.7 Å². The van der Waals surface area contributed by atoms with Gasteiger partial charge in [0.1, 0.15) is 6.04 Å². The Morgan fingerprint density at radius 1 is 1.28 bits per heavy atom. The summed E-state index contributed by atoms with van der Waals surface area (Å²) >= 11 is 1.42. The van der Waals surface area contributed by atoms with Crippen molar-refractivity contribution in [1.29, 1.82) is 0 Å². The van der Waals surface area contributed by atoms with Crippen molar-refractivity contribution in [3.05, 3.63) is 35.9 Å². The second-order valence-corrected chi connectivity index (χ2v) is 7.36. The number of halogens is 3. The number of amides is 1. The van der Waals surface area contributed by atoms with E-state index in [0.717, 1.165) is 5.56 Å². The average Bonchev–Trinajstić information content (AvgIpc) is 2.60. The van der Waals surface area contributed by atoms with Crippen LogP contribution >= 0.6 is 11.8 Å². The van der Waals surface area contributed by atoms with Crippen molar-refractivity contribution >= 4 is 17.7 Å². The summed E-state index contributed by atoms with van der Waals surface area (Å²) in [6, 6.07) is 8.04. The summed E-state index contributed by atoms with van der Waals surface area (Å²) in [4.78, 5) is 13.5. The van der Waals surface area contributed by atoms with Gasteiger partial charge in [-0.15, -0.1) is 11.8 Å². The number of benzene rings is 1. The Bertz CT molecular complexity index is 536. The number of piperazine rings is 1. The molecule has 1 aliphatic rings. The first-order valence-corrected chi connectivity index (χ1v) is 9.37. The summed E-state index contributed by atoms with van der Waals surface area (Å²) in [6.07, 6.45) is -4.36. The van der Waals surface area contributed by atoms with Crippen molar-refractivity contribution in [2.24, 2.45) is 0 Å². The van der Waals surface area contributed by atoms with E-state index in [1.807, 2.05) is 30.3 Å². The van der Waals surface area contributed by atoms with Crippen LogP contribution in [-0.2, 0) is 10.5 Å². The molecule has 0 radical (unpaired) electrons. The minimum atomic E-state index is -4.36. The molecule has 2 N–H and O–H groups in total. The highest BCUT2D eigenvalue weighted by Crippen LogP contribution is 2.25. The smallest absolute Gasteiger partial charge is 0.353 e. The Labute approximate surface area is 150 Å². The Kier molecular flexibility index (Phi) is 7.58. The van der Waals surface area contributed by atoms with Crippen LogP contribution in [0.15, 0.2) is 30.3 Å². The van der Waals surface area contributed by atoms with Crippen LogP contribution in [0, 0.1) is 0 Å². The van der Waals surface area contributed by atoms with Crippen LogP contribution in [0.5, 0.6) is 0 Å². The van der Waals surface area contributed by atoms with E-state index in [-0.39, 0.29) is 5.91 Å². The van der Waals surface area contributed by atoms with Gasteiger partial charge < -0.3 is 10.6 Å². The number of carbonyl (C=O) groups is 1. The van der Waals surface area contributed by atoms with Crippen molar-refractivity contribution in [3.63, 3.8) is 0 Å². The molecule has 1 saturated heterocycles. The molecule has 0 bridgehead atoms. The first-order valence-electron chi connectivity index (χ1n) is 8.32. The predicted octanol–water partition coefficient (Wildman–Crippen LogP) is 2.26. The third-order valence-corrected chi connectivity index (χ3v) is 5.37. The number of hydrogen-bond donors (Lipinski definition) is 2. The lowest BCUT2D eigenvalue weighted by molar-refractivity contribution is -0.184. The van der Waals surface area contributed by atoms with Crippen LogP contribution in [-0.4, -0.2) is 61.0 Å². The largest absolute Gasteiger partial charge is 0.405 e. The monoisotopic (exact) mass is 375 g/mol. The van der Waals surface area contributed by atoms with Gasteiger partial charge in [-0.3, -0.25) is 9.69 Å². The Morgan fingerprint density at radius 2 is 1.92 bits per heavy atom. The minimum absolute atomic E-state index is 0.332. The van der Waals surface area contributed by atoms with Gasteiger partial charge in [0.2, 0.25) is 5.91 Å². The molecule has 0 aliphatic carbocycles. The summed E-state index contributed by atoms with van der Waals surface area (Å²) in [5.41, 5.74) is 1.08. The molecular formula is C17H24F3N3OS. The topological polar surface area (TPSA) is 44.4 Å². The fourth-order valence-corrected chi connectivity index (χ4v) is 3.53. The van der Waals surface area contributed by atoms with Crippen molar-refractivity contribution in [1.82, 2.24) is 15.5 Å². The van der Waals surface area contributed by atoms with Crippen LogP contribution in [0.25, 0.3) is 0 Å². The number of thioether (sulfide) groups is 1. The normalized spacial score (nSPS) is 18.6. The van der Waals surface area contributed by atoms with Crippen molar-refractivity contribution in [3.8, 4) is 0 Å². The molecule has 4 nitrogen and oxygen atoms in total. The van der Waals surface area contributed by atoms with Crippen LogP contribution in [0.3, 0.4) is 0 Å². The summed E-state index contributed by atoms with van der Waals surface area (Å²) < 4.78 is 39.9. The number of nitrogens with zero attached hydrogens (tertiary/aromatic N) is 1. The molecule has 1 aliphatic heterocycles. The molecule has 25 heavy (non-hydrogen) atoms. The van der Waals surface area contributed by atoms with Gasteiger partial charge in [0.15, 0.2) is 0 Å². The van der Waals surface area contributed by atoms with E-state index in [9.17, 15) is 18.0 Å². The van der Waals surface area contributed by atoms with Crippen LogP contribution in [0.2, 0.25) is 0 Å². The van der Waals surface area contributed by atoms with Gasteiger partial charge in [-0.2, -0.15) is 13.2 Å². The standard InChI is InChI=1S/C17H24F3N3OS/c1-13(25-12-14-5-3-2-4-6-14)16(24)22-11-15(17(18,19)20)23-9-7-21-8-10-23/h2-6,13,15,21H,7-12H2,1H3,(H,22,24). The fraction of sp³-hybridized carbons (Fsp3) is 0.588. The van der Waals surface area contributed by atoms with Crippen molar-refractivity contribution in [2.45, 2.75) is 30.1 Å². The predicted molar refractivity (Wildman–Crippen MR) is 94.5 cm³/mol. The maximum atomic E-state index is 13.3. The second kappa shape index (κ2) is 9.45. The zero-order valence-corrected chi connectivity index (χ0v) is 15.0. The van der Waals surface area contributed by atoms with E-state index in [1.54, 1.807) is 6.92 Å². The molecule has 1 fully saturated rings. The van der Waals surface area contributed by atoms with Gasteiger partial charge in [0.05, 0.1) is 5.25 Å². The third kappa shape index (κ3) is 6.52. The number of alkyl halides is 3. The quantitative estimate of drug-likeness (QED) is 0.767. The summed E-state index contributed by atoms with van der Waals surface area (Å²) in [7, 11) is 0. The summed E-state index contributed by atoms with van der Waals surface area (Å²) in [5, 5.41) is 5.11. The lowest BCUT2D eigenvalue weighted by atomic mass is 10.2. The molecule has 8 heteroatoms. The van der Waals surface area contributed by atoms with E-state index in [4.69, 9.17) is 0 Å². The number of rotatable bonds is 7. The molecule has 1 amide bonds. The van der Waals surface area contributed by atoms with Gasteiger partial charge >= 0.3 is 6.18 Å². The zero-order chi connectivity index (χ0) is 18.3. The number of nitrogens with one attached hydrogen (secondary N) is 2. The maximum Gasteiger partial charge on any atom is 0.405 e. The molecule has 0 saturated carbocycles.